The third-order valence-corrected chi connectivity index (χ3v) is 6.16. The number of hydrogen-bond donors (Lipinski definition) is 1. The van der Waals surface area contributed by atoms with Gasteiger partial charge in [0.2, 0.25) is 5.91 Å². The van der Waals surface area contributed by atoms with Crippen LogP contribution < -0.4 is 10.2 Å². The molecule has 3 rings (SSSR count). The van der Waals surface area contributed by atoms with Crippen LogP contribution in [0.2, 0.25) is 0 Å². The molecule has 13 heteroatoms. The van der Waals surface area contributed by atoms with E-state index in [2.05, 4.69) is 10.3 Å². The predicted molar refractivity (Wildman–Crippen MR) is 108 cm³/mol. The highest BCUT2D eigenvalue weighted by Crippen LogP contribution is 2.37. The van der Waals surface area contributed by atoms with Crippen molar-refractivity contribution in [3.05, 3.63) is 66.7 Å². The summed E-state index contributed by atoms with van der Waals surface area (Å²) in [5, 5.41) is 4.34. The van der Waals surface area contributed by atoms with E-state index >= 15 is 0 Å². The molecule has 2 heterocycles. The minimum atomic E-state index is -4.92. The Morgan fingerprint density at radius 3 is 2.25 bits per heavy atom. The van der Waals surface area contributed by atoms with Gasteiger partial charge in [0.25, 0.3) is 0 Å². The second kappa shape index (κ2) is 9.06. The van der Waals surface area contributed by atoms with Crippen LogP contribution >= 0.6 is 22.7 Å². The number of hydrogen-bond acceptors (Lipinski definition) is 5. The number of benzene rings is 1. The maximum Gasteiger partial charge on any atom is 0.416 e. The molecule has 1 aromatic carbocycles. The van der Waals surface area contributed by atoms with E-state index < -0.39 is 29.4 Å². The summed E-state index contributed by atoms with van der Waals surface area (Å²) >= 11 is 1.96. The summed E-state index contributed by atoms with van der Waals surface area (Å²) in [7, 11) is 0. The van der Waals surface area contributed by atoms with E-state index in [1.807, 2.05) is 0 Å². The molecule has 5 nitrogen and oxygen atoms in total. The second-order valence-corrected chi connectivity index (χ2v) is 8.75. The lowest BCUT2D eigenvalue weighted by Crippen LogP contribution is -2.20. The number of nitrogens with one attached hydrogen (secondary N) is 1. The molecule has 2 aromatic heterocycles. The third kappa shape index (κ3) is 5.97. The molecule has 3 aromatic rings. The maximum absolute atomic E-state index is 13.0. The van der Waals surface area contributed by atoms with Gasteiger partial charge in [-0.2, -0.15) is 26.3 Å². The van der Waals surface area contributed by atoms with Crippen molar-refractivity contribution in [2.45, 2.75) is 38.7 Å². The fourth-order valence-electron chi connectivity index (χ4n) is 2.84. The zero-order valence-corrected chi connectivity index (χ0v) is 17.9. The lowest BCUT2D eigenvalue weighted by atomic mass is 10.0. The Morgan fingerprint density at radius 2 is 1.72 bits per heavy atom. The van der Waals surface area contributed by atoms with Gasteiger partial charge < -0.3 is 9.88 Å². The van der Waals surface area contributed by atoms with Crippen molar-refractivity contribution in [2.75, 3.05) is 5.32 Å². The lowest BCUT2D eigenvalue weighted by molar-refractivity contribution is -0.143. The highest BCUT2D eigenvalue weighted by Gasteiger charge is 2.36. The minimum absolute atomic E-state index is 0.00500. The zero-order valence-electron chi connectivity index (χ0n) is 16.3. The number of thiazole rings is 2. The lowest BCUT2D eigenvalue weighted by Gasteiger charge is -2.13. The van der Waals surface area contributed by atoms with Gasteiger partial charge in [-0.05, 0) is 30.7 Å². The first-order chi connectivity index (χ1) is 14.8. The van der Waals surface area contributed by atoms with Crippen molar-refractivity contribution in [1.82, 2.24) is 9.55 Å². The van der Waals surface area contributed by atoms with Gasteiger partial charge in [0.05, 0.1) is 11.1 Å². The Balaban J connectivity index is 1.69. The van der Waals surface area contributed by atoms with Gasteiger partial charge >= 0.3 is 17.2 Å². The number of amides is 1. The molecule has 0 aliphatic heterocycles. The summed E-state index contributed by atoms with van der Waals surface area (Å²) in [6.45, 7) is 1.91. The van der Waals surface area contributed by atoms with Gasteiger partial charge in [-0.3, -0.25) is 9.59 Å². The van der Waals surface area contributed by atoms with E-state index in [0.29, 0.717) is 17.0 Å². The zero-order chi connectivity index (χ0) is 23.7. The molecule has 0 radical (unpaired) electrons. The standard InChI is InChI=1S/C19H15F6N3O2S2/c1-10-9-31-17(30)28(10)3-2-15(29)27-16-26-8-14(32-16)6-11-4-12(18(20,21)22)7-13(5-11)19(23,24)25/h4-5,7-9H,2-3,6H2,1H3,(H,26,27,29). The number of aryl methyl sites for hydroxylation is 1. The molecular formula is C19H15F6N3O2S2. The predicted octanol–water partition coefficient (Wildman–Crippen LogP) is 5.33. The smallest absolute Gasteiger partial charge is 0.303 e. The van der Waals surface area contributed by atoms with Gasteiger partial charge in [0.15, 0.2) is 5.13 Å². The molecule has 0 atom stereocenters. The van der Waals surface area contributed by atoms with Crippen molar-refractivity contribution in [3.63, 3.8) is 0 Å². The first-order valence-corrected chi connectivity index (χ1v) is 10.7. The van der Waals surface area contributed by atoms with Crippen LogP contribution in [-0.2, 0) is 30.1 Å². The van der Waals surface area contributed by atoms with Gasteiger partial charge in [-0.15, -0.1) is 11.3 Å². The fourth-order valence-corrected chi connectivity index (χ4v) is 4.46. The molecule has 0 aliphatic carbocycles. The quantitative estimate of drug-likeness (QED) is 0.470. The molecule has 0 fully saturated rings. The molecule has 32 heavy (non-hydrogen) atoms. The number of halogens is 6. The molecule has 0 saturated heterocycles. The molecule has 172 valence electrons. The van der Waals surface area contributed by atoms with Crippen LogP contribution in [0.15, 0.2) is 34.6 Å². The maximum atomic E-state index is 13.0. The van der Waals surface area contributed by atoms with E-state index in [1.54, 1.807) is 12.3 Å². The SMILES string of the molecule is Cc1csc(=O)n1CCC(=O)Nc1ncc(Cc2cc(C(F)(F)F)cc(C(F)(F)F)c2)s1. The van der Waals surface area contributed by atoms with Crippen LogP contribution in [0.1, 0.15) is 33.7 Å². The highest BCUT2D eigenvalue weighted by molar-refractivity contribution is 7.15. The topological polar surface area (TPSA) is 64.0 Å². The summed E-state index contributed by atoms with van der Waals surface area (Å²) in [5.74, 6) is -0.429. The van der Waals surface area contributed by atoms with Crippen LogP contribution in [0.3, 0.4) is 0 Å². The molecule has 1 amide bonds. The summed E-state index contributed by atoms with van der Waals surface area (Å²) < 4.78 is 79.5. The first-order valence-electron chi connectivity index (χ1n) is 9.01. The second-order valence-electron chi connectivity index (χ2n) is 6.82. The molecule has 1 N–H and O–H groups in total. The van der Waals surface area contributed by atoms with E-state index in [0.717, 1.165) is 28.4 Å². The van der Waals surface area contributed by atoms with Crippen LogP contribution in [0, 0.1) is 6.92 Å². The Labute approximate surface area is 185 Å². The number of aromatic nitrogens is 2. The largest absolute Gasteiger partial charge is 0.416 e. The summed E-state index contributed by atoms with van der Waals surface area (Å²) in [5.41, 5.74) is -2.23. The van der Waals surface area contributed by atoms with Crippen LogP contribution in [0.25, 0.3) is 0 Å². The van der Waals surface area contributed by atoms with E-state index in [1.165, 1.54) is 10.8 Å². The highest BCUT2D eigenvalue weighted by atomic mass is 32.1. The van der Waals surface area contributed by atoms with Gasteiger partial charge in [0.1, 0.15) is 0 Å². The summed E-state index contributed by atoms with van der Waals surface area (Å²) in [6, 6.07) is 1.39. The first kappa shape index (κ1) is 24.0. The number of anilines is 1. The summed E-state index contributed by atoms with van der Waals surface area (Å²) in [4.78, 5) is 27.9. The Bertz CT molecular complexity index is 1140. The number of nitrogens with zero attached hydrogens (tertiary/aromatic N) is 2. The van der Waals surface area contributed by atoms with Crippen molar-refractivity contribution in [3.8, 4) is 0 Å². The molecule has 0 aliphatic rings. The molecular weight excluding hydrogens is 480 g/mol. The monoisotopic (exact) mass is 495 g/mol. The molecule has 0 saturated carbocycles. The Hall–Kier alpha value is -2.67. The van der Waals surface area contributed by atoms with Gasteiger partial charge in [0, 0.05) is 41.5 Å². The Morgan fingerprint density at radius 1 is 1.09 bits per heavy atom. The minimum Gasteiger partial charge on any atom is -0.303 e. The van der Waals surface area contributed by atoms with Gasteiger partial charge in [-0.1, -0.05) is 11.3 Å². The van der Waals surface area contributed by atoms with Crippen molar-refractivity contribution in [1.29, 1.82) is 0 Å². The number of carbonyl (C=O) groups excluding carboxylic acids is 1. The average molecular weight is 495 g/mol. The van der Waals surface area contributed by atoms with Gasteiger partial charge in [-0.25, -0.2) is 4.98 Å². The Kier molecular flexibility index (Phi) is 6.79. The summed E-state index contributed by atoms with van der Waals surface area (Å²) in [6.07, 6.45) is -8.79. The van der Waals surface area contributed by atoms with E-state index in [4.69, 9.17) is 0 Å². The van der Waals surface area contributed by atoms with Crippen molar-refractivity contribution in [2.24, 2.45) is 0 Å². The van der Waals surface area contributed by atoms with Crippen molar-refractivity contribution < 1.29 is 31.1 Å². The molecule has 0 spiro atoms. The third-order valence-electron chi connectivity index (χ3n) is 4.36. The molecule has 0 bridgehead atoms. The van der Waals surface area contributed by atoms with E-state index in [-0.39, 0.29) is 41.0 Å². The van der Waals surface area contributed by atoms with Crippen LogP contribution in [0.4, 0.5) is 31.5 Å². The fraction of sp³-hybridized carbons (Fsp3) is 0.316. The molecule has 0 unspecified atom stereocenters. The number of alkyl halides is 6. The van der Waals surface area contributed by atoms with E-state index in [9.17, 15) is 35.9 Å². The van der Waals surface area contributed by atoms with Crippen molar-refractivity contribution >= 4 is 33.7 Å². The van der Waals surface area contributed by atoms with Crippen LogP contribution in [0.5, 0.6) is 0 Å². The number of carbonyl (C=O) groups is 1. The average Bonchev–Trinajstić information content (AvgIpc) is 3.24. The number of rotatable bonds is 6. The normalized spacial score (nSPS) is 12.2. The van der Waals surface area contributed by atoms with Crippen LogP contribution in [-0.4, -0.2) is 15.5 Å².